The second-order valence-corrected chi connectivity index (χ2v) is 6.69. The van der Waals surface area contributed by atoms with E-state index in [1.165, 1.54) is 6.42 Å². The monoisotopic (exact) mass is 329 g/mol. The van der Waals surface area contributed by atoms with Gasteiger partial charge in [0.1, 0.15) is 6.10 Å². The van der Waals surface area contributed by atoms with Gasteiger partial charge in [-0.3, -0.25) is 0 Å². The predicted octanol–water partition coefficient (Wildman–Crippen LogP) is 4.27. The minimum absolute atomic E-state index is 0.0110. The molecule has 1 aromatic carbocycles. The van der Waals surface area contributed by atoms with E-state index in [9.17, 15) is 4.79 Å². The summed E-state index contributed by atoms with van der Waals surface area (Å²) in [5.74, 6) is 0.0877. The van der Waals surface area contributed by atoms with Gasteiger partial charge in [-0.05, 0) is 51.6 Å². The molecule has 1 aliphatic rings. The third kappa shape index (κ3) is 4.60. The standard InChI is InChI=1S/C16H21Cl2NO2/c1-19(2)10-12-5-3-4-6-15(12)21-16(20)11-7-8-13(17)14(18)9-11/h7-9,12,15H,3-6,10H2,1-2H3/t12-,15-/m0/s1. The lowest BCUT2D eigenvalue weighted by molar-refractivity contribution is -0.00324. The molecule has 0 aliphatic heterocycles. The first-order valence-electron chi connectivity index (χ1n) is 7.28. The van der Waals surface area contributed by atoms with Gasteiger partial charge in [0.15, 0.2) is 0 Å². The summed E-state index contributed by atoms with van der Waals surface area (Å²) in [5.41, 5.74) is 0.457. The Morgan fingerprint density at radius 3 is 2.62 bits per heavy atom. The van der Waals surface area contributed by atoms with Gasteiger partial charge in [-0.1, -0.05) is 29.6 Å². The van der Waals surface area contributed by atoms with Crippen LogP contribution < -0.4 is 0 Å². The number of halogens is 2. The van der Waals surface area contributed by atoms with Gasteiger partial charge in [0.25, 0.3) is 0 Å². The molecular weight excluding hydrogens is 309 g/mol. The molecule has 1 saturated carbocycles. The van der Waals surface area contributed by atoms with Crippen molar-refractivity contribution in [2.45, 2.75) is 31.8 Å². The van der Waals surface area contributed by atoms with E-state index < -0.39 is 0 Å². The van der Waals surface area contributed by atoms with E-state index in [0.29, 0.717) is 21.5 Å². The number of carbonyl (C=O) groups excluding carboxylic acids is 1. The second-order valence-electron chi connectivity index (χ2n) is 5.88. The number of ether oxygens (including phenoxy) is 1. The van der Waals surface area contributed by atoms with Crippen LogP contribution in [0.2, 0.25) is 10.0 Å². The normalized spacial score (nSPS) is 22.3. The largest absolute Gasteiger partial charge is 0.458 e. The summed E-state index contributed by atoms with van der Waals surface area (Å²) >= 11 is 11.8. The summed E-state index contributed by atoms with van der Waals surface area (Å²) in [6.07, 6.45) is 4.36. The lowest BCUT2D eigenvalue weighted by Gasteiger charge is -2.32. The molecule has 1 aromatic rings. The average Bonchev–Trinajstić information content (AvgIpc) is 2.43. The molecule has 0 unspecified atom stereocenters. The van der Waals surface area contributed by atoms with Crippen LogP contribution >= 0.6 is 23.2 Å². The van der Waals surface area contributed by atoms with Crippen LogP contribution in [0.25, 0.3) is 0 Å². The number of nitrogens with zero attached hydrogens (tertiary/aromatic N) is 1. The van der Waals surface area contributed by atoms with Crippen molar-refractivity contribution >= 4 is 29.2 Å². The Bertz CT molecular complexity index is 505. The van der Waals surface area contributed by atoms with E-state index in [-0.39, 0.29) is 12.1 Å². The zero-order chi connectivity index (χ0) is 15.4. The quantitative estimate of drug-likeness (QED) is 0.772. The minimum atomic E-state index is -0.316. The number of benzene rings is 1. The molecule has 116 valence electrons. The smallest absolute Gasteiger partial charge is 0.338 e. The molecule has 0 spiro atoms. The fraction of sp³-hybridized carbons (Fsp3) is 0.562. The molecule has 0 bridgehead atoms. The Morgan fingerprint density at radius 2 is 1.95 bits per heavy atom. The van der Waals surface area contributed by atoms with E-state index in [1.807, 2.05) is 14.1 Å². The van der Waals surface area contributed by atoms with Gasteiger partial charge in [-0.25, -0.2) is 4.79 Å². The Labute approximate surface area is 136 Å². The Morgan fingerprint density at radius 1 is 1.24 bits per heavy atom. The van der Waals surface area contributed by atoms with Gasteiger partial charge >= 0.3 is 5.97 Å². The second kappa shape index (κ2) is 7.48. The first kappa shape index (κ1) is 16.6. The van der Waals surface area contributed by atoms with Gasteiger partial charge in [0, 0.05) is 12.5 Å². The Balaban J connectivity index is 2.04. The lowest BCUT2D eigenvalue weighted by atomic mass is 9.86. The van der Waals surface area contributed by atoms with Crippen molar-refractivity contribution in [2.24, 2.45) is 5.92 Å². The number of hydrogen-bond acceptors (Lipinski definition) is 3. The van der Waals surface area contributed by atoms with E-state index >= 15 is 0 Å². The summed E-state index contributed by atoms with van der Waals surface area (Å²) in [7, 11) is 4.10. The van der Waals surface area contributed by atoms with E-state index in [2.05, 4.69) is 4.90 Å². The van der Waals surface area contributed by atoms with Crippen LogP contribution in [0.5, 0.6) is 0 Å². The third-order valence-corrected chi connectivity index (χ3v) is 4.59. The zero-order valence-corrected chi connectivity index (χ0v) is 14.0. The van der Waals surface area contributed by atoms with Crippen LogP contribution in [0.1, 0.15) is 36.0 Å². The zero-order valence-electron chi connectivity index (χ0n) is 12.4. The molecule has 0 aromatic heterocycles. The van der Waals surface area contributed by atoms with Gasteiger partial charge in [-0.2, -0.15) is 0 Å². The molecule has 1 fully saturated rings. The molecular formula is C16H21Cl2NO2. The van der Waals surface area contributed by atoms with Crippen molar-refractivity contribution in [2.75, 3.05) is 20.6 Å². The molecule has 1 aliphatic carbocycles. The molecule has 3 nitrogen and oxygen atoms in total. The fourth-order valence-corrected chi connectivity index (χ4v) is 3.13. The summed E-state index contributed by atoms with van der Waals surface area (Å²) in [4.78, 5) is 14.4. The number of carbonyl (C=O) groups is 1. The summed E-state index contributed by atoms with van der Waals surface area (Å²) in [5, 5.41) is 0.816. The van der Waals surface area contributed by atoms with Crippen molar-refractivity contribution in [1.29, 1.82) is 0 Å². The predicted molar refractivity (Wildman–Crippen MR) is 86.2 cm³/mol. The number of hydrogen-bond donors (Lipinski definition) is 0. The first-order valence-corrected chi connectivity index (χ1v) is 8.03. The maximum absolute atomic E-state index is 12.3. The van der Waals surface area contributed by atoms with Gasteiger partial charge < -0.3 is 9.64 Å². The number of rotatable bonds is 4. The highest BCUT2D eigenvalue weighted by Gasteiger charge is 2.29. The van der Waals surface area contributed by atoms with Crippen molar-refractivity contribution < 1.29 is 9.53 Å². The van der Waals surface area contributed by atoms with Crippen molar-refractivity contribution in [1.82, 2.24) is 4.90 Å². The van der Waals surface area contributed by atoms with E-state index in [4.69, 9.17) is 27.9 Å². The fourth-order valence-electron chi connectivity index (χ4n) is 2.84. The van der Waals surface area contributed by atoms with Crippen LogP contribution in [-0.4, -0.2) is 37.6 Å². The SMILES string of the molecule is CN(C)C[C@@H]1CCCC[C@@H]1OC(=O)c1ccc(Cl)c(Cl)c1. The van der Waals surface area contributed by atoms with Gasteiger partial charge in [0.05, 0.1) is 15.6 Å². The molecule has 0 amide bonds. The van der Waals surface area contributed by atoms with Crippen molar-refractivity contribution in [3.8, 4) is 0 Å². The molecule has 0 heterocycles. The van der Waals surface area contributed by atoms with E-state index in [0.717, 1.165) is 25.8 Å². The highest BCUT2D eigenvalue weighted by molar-refractivity contribution is 6.42. The van der Waals surface area contributed by atoms with Crippen molar-refractivity contribution in [3.63, 3.8) is 0 Å². The van der Waals surface area contributed by atoms with Crippen LogP contribution in [0, 0.1) is 5.92 Å². The molecule has 0 saturated heterocycles. The maximum Gasteiger partial charge on any atom is 0.338 e. The topological polar surface area (TPSA) is 29.5 Å². The Hall–Kier alpha value is -0.770. The van der Waals surface area contributed by atoms with Gasteiger partial charge in [0.2, 0.25) is 0 Å². The van der Waals surface area contributed by atoms with E-state index in [1.54, 1.807) is 18.2 Å². The Kier molecular flexibility index (Phi) is 5.91. The van der Waals surface area contributed by atoms with Gasteiger partial charge in [-0.15, -0.1) is 0 Å². The maximum atomic E-state index is 12.3. The van der Waals surface area contributed by atoms with Crippen LogP contribution in [0.4, 0.5) is 0 Å². The highest BCUT2D eigenvalue weighted by Crippen LogP contribution is 2.29. The van der Waals surface area contributed by atoms with Crippen LogP contribution in [0.3, 0.4) is 0 Å². The molecule has 21 heavy (non-hydrogen) atoms. The summed E-state index contributed by atoms with van der Waals surface area (Å²) in [6, 6.07) is 4.84. The first-order chi connectivity index (χ1) is 9.97. The lowest BCUT2D eigenvalue weighted by Crippen LogP contribution is -2.36. The third-order valence-electron chi connectivity index (χ3n) is 3.85. The average molecular weight is 330 g/mol. The van der Waals surface area contributed by atoms with Crippen molar-refractivity contribution in [3.05, 3.63) is 33.8 Å². The highest BCUT2D eigenvalue weighted by atomic mass is 35.5. The molecule has 2 atom stereocenters. The number of esters is 1. The summed E-state index contributed by atoms with van der Waals surface area (Å²) in [6.45, 7) is 0.944. The minimum Gasteiger partial charge on any atom is -0.458 e. The molecule has 0 radical (unpaired) electrons. The molecule has 2 rings (SSSR count). The van der Waals surface area contributed by atoms with Crippen LogP contribution in [0.15, 0.2) is 18.2 Å². The van der Waals surface area contributed by atoms with Crippen LogP contribution in [-0.2, 0) is 4.74 Å². The summed E-state index contributed by atoms with van der Waals surface area (Å²) < 4.78 is 5.72. The molecule has 0 N–H and O–H groups in total. The molecule has 5 heteroatoms.